The second-order valence-corrected chi connectivity index (χ2v) is 14.4. The molecule has 0 bridgehead atoms. The molecule has 4 aliphatic carbocycles. The average Bonchev–Trinajstić information content (AvgIpc) is 3.23. The van der Waals surface area contributed by atoms with E-state index < -0.39 is 65.3 Å². The molecule has 5 N–H and O–H groups in total. The maximum absolute atomic E-state index is 13.5. The van der Waals surface area contributed by atoms with Gasteiger partial charge in [0.15, 0.2) is 12.4 Å². The molecule has 0 spiro atoms. The normalized spacial score (nSPS) is 35.2. The number of carbonyl (C=O) groups is 6. The van der Waals surface area contributed by atoms with Crippen LogP contribution < -0.4 is 10.6 Å². The predicted molar refractivity (Wildman–Crippen MR) is 160 cm³/mol. The number of carboxylic acid groups (broad SMARTS) is 1. The molecule has 0 heterocycles. The Hall–Kier alpha value is -3.12. The number of ketones is 2. The number of hydrogen-bond donors (Lipinski definition) is 5. The van der Waals surface area contributed by atoms with Gasteiger partial charge in [0, 0.05) is 18.3 Å². The first-order valence-corrected chi connectivity index (χ1v) is 16.1. The van der Waals surface area contributed by atoms with Crippen molar-refractivity contribution < 1.29 is 48.8 Å². The van der Waals surface area contributed by atoms with Crippen LogP contribution in [0.3, 0.4) is 0 Å². The number of Topliss-reactive ketones (excluding diaryl/α,β-unsaturated/α-hetero) is 1. The third-order valence-electron chi connectivity index (χ3n) is 11.4. The van der Waals surface area contributed by atoms with Crippen molar-refractivity contribution in [2.75, 3.05) is 6.61 Å². The molecule has 0 aromatic heterocycles. The Morgan fingerprint density at radius 3 is 2.36 bits per heavy atom. The summed E-state index contributed by atoms with van der Waals surface area (Å²) in [5.41, 5.74) is -1.89. The molecule has 12 nitrogen and oxygen atoms in total. The van der Waals surface area contributed by atoms with Crippen molar-refractivity contribution in [2.24, 2.45) is 34.5 Å². The van der Waals surface area contributed by atoms with Gasteiger partial charge in [0.2, 0.25) is 17.6 Å². The van der Waals surface area contributed by atoms with Gasteiger partial charge in [-0.2, -0.15) is 0 Å². The zero-order valence-electron chi connectivity index (χ0n) is 26.9. The monoisotopic (exact) mass is 632 g/mol. The minimum absolute atomic E-state index is 0.0140. The van der Waals surface area contributed by atoms with Crippen molar-refractivity contribution >= 4 is 35.3 Å². The van der Waals surface area contributed by atoms with Crippen molar-refractivity contribution in [1.82, 2.24) is 10.6 Å². The maximum Gasteiger partial charge on any atom is 0.325 e. The van der Waals surface area contributed by atoms with Gasteiger partial charge in [-0.1, -0.05) is 33.3 Å². The van der Waals surface area contributed by atoms with Gasteiger partial charge < -0.3 is 30.7 Å². The van der Waals surface area contributed by atoms with E-state index in [1.54, 1.807) is 19.9 Å². The highest BCUT2D eigenvalue weighted by Crippen LogP contribution is 2.67. The molecule has 9 atom stereocenters. The molecular weight excluding hydrogens is 584 g/mol. The first-order valence-electron chi connectivity index (χ1n) is 16.1. The summed E-state index contributed by atoms with van der Waals surface area (Å²) in [7, 11) is 0. The van der Waals surface area contributed by atoms with Gasteiger partial charge in [-0.05, 0) is 80.6 Å². The number of esters is 1. The molecule has 0 aromatic rings. The van der Waals surface area contributed by atoms with Crippen molar-refractivity contribution in [3.8, 4) is 0 Å². The lowest BCUT2D eigenvalue weighted by Gasteiger charge is -2.60. The van der Waals surface area contributed by atoms with E-state index in [0.717, 1.165) is 18.4 Å². The molecule has 0 aliphatic heterocycles. The van der Waals surface area contributed by atoms with Crippen LogP contribution in [0.2, 0.25) is 0 Å². The van der Waals surface area contributed by atoms with Crippen molar-refractivity contribution in [1.29, 1.82) is 0 Å². The van der Waals surface area contributed by atoms with Crippen LogP contribution in [0, 0.1) is 34.5 Å². The third-order valence-corrected chi connectivity index (χ3v) is 11.4. The number of allylic oxidation sites excluding steroid dienone is 1. The molecule has 0 radical (unpaired) electrons. The molecule has 2 amide bonds. The Morgan fingerprint density at radius 2 is 1.71 bits per heavy atom. The van der Waals surface area contributed by atoms with E-state index in [2.05, 4.69) is 17.6 Å². The second-order valence-electron chi connectivity index (χ2n) is 14.4. The number of hydrogen-bond acceptors (Lipinski definition) is 9. The van der Waals surface area contributed by atoms with E-state index in [1.165, 1.54) is 6.92 Å². The van der Waals surface area contributed by atoms with E-state index in [4.69, 9.17) is 9.84 Å². The van der Waals surface area contributed by atoms with E-state index in [1.807, 2.05) is 6.92 Å². The number of ether oxygens (including phenoxy) is 1. The summed E-state index contributed by atoms with van der Waals surface area (Å²) in [6.07, 6.45) is 3.99. The zero-order valence-corrected chi connectivity index (χ0v) is 26.9. The number of nitrogens with one attached hydrogen (secondary N) is 2. The molecule has 12 heteroatoms. The summed E-state index contributed by atoms with van der Waals surface area (Å²) in [5, 5.41) is 37.2. The van der Waals surface area contributed by atoms with Gasteiger partial charge in [-0.25, -0.2) is 0 Å². The fraction of sp³-hybridized carbons (Fsp3) is 0.758. The quantitative estimate of drug-likeness (QED) is 0.210. The molecular formula is C33H48N2O10. The first kappa shape index (κ1) is 34.7. The van der Waals surface area contributed by atoms with Crippen LogP contribution in [-0.2, 0) is 33.5 Å². The Labute approximate surface area is 263 Å². The van der Waals surface area contributed by atoms with Crippen LogP contribution in [0.4, 0.5) is 0 Å². The summed E-state index contributed by atoms with van der Waals surface area (Å²) in [5.74, 6) is -4.17. The highest BCUT2D eigenvalue weighted by Gasteiger charge is 2.68. The molecule has 45 heavy (non-hydrogen) atoms. The van der Waals surface area contributed by atoms with Crippen molar-refractivity contribution in [3.05, 3.63) is 11.6 Å². The van der Waals surface area contributed by atoms with Crippen LogP contribution in [-0.4, -0.2) is 81.0 Å². The van der Waals surface area contributed by atoms with Gasteiger partial charge in [0.1, 0.15) is 17.7 Å². The SMILES string of the molecule is CC(NC(=O)C(NC(=O)CCC(=O)OCC(=O)[C@@]1(O)CCC2C3CCC4=CC(=O)CC[C@]4(C)C3C(O)C[C@@]21C)C(C)C)C(=O)O. The van der Waals surface area contributed by atoms with Crippen molar-refractivity contribution in [2.45, 2.75) is 116 Å². The van der Waals surface area contributed by atoms with Crippen LogP contribution in [0.1, 0.15) is 92.4 Å². The Kier molecular flexibility index (Phi) is 9.99. The summed E-state index contributed by atoms with van der Waals surface area (Å²) < 4.78 is 5.19. The highest BCUT2D eigenvalue weighted by molar-refractivity contribution is 5.93. The lowest BCUT2D eigenvalue weighted by Crippen LogP contribution is -2.62. The summed E-state index contributed by atoms with van der Waals surface area (Å²) >= 11 is 0. The number of carbonyl (C=O) groups excluding carboxylic acids is 5. The predicted octanol–water partition coefficient (Wildman–Crippen LogP) is 1.84. The zero-order chi connectivity index (χ0) is 33.5. The van der Waals surface area contributed by atoms with Crippen LogP contribution in [0.5, 0.6) is 0 Å². The number of amides is 2. The lowest BCUT2D eigenvalue weighted by atomic mass is 9.45. The number of aliphatic carboxylic acids is 1. The number of fused-ring (bicyclic) bond motifs is 5. The maximum atomic E-state index is 13.5. The number of aliphatic hydroxyl groups is 2. The van der Waals surface area contributed by atoms with Gasteiger partial charge in [-0.3, -0.25) is 28.8 Å². The van der Waals surface area contributed by atoms with Crippen molar-refractivity contribution in [3.63, 3.8) is 0 Å². The molecule has 3 fully saturated rings. The Balaban J connectivity index is 1.33. The number of rotatable bonds is 11. The third kappa shape index (κ3) is 6.45. The van der Waals surface area contributed by atoms with Gasteiger partial charge in [0.05, 0.1) is 12.5 Å². The molecule has 4 aliphatic rings. The fourth-order valence-corrected chi connectivity index (χ4v) is 8.85. The smallest absolute Gasteiger partial charge is 0.325 e. The van der Waals surface area contributed by atoms with Crippen LogP contribution in [0.25, 0.3) is 0 Å². The van der Waals surface area contributed by atoms with Gasteiger partial charge in [-0.15, -0.1) is 0 Å². The van der Waals surface area contributed by atoms with Crippen LogP contribution >= 0.6 is 0 Å². The molecule has 3 saturated carbocycles. The topological polar surface area (TPSA) is 196 Å². The minimum Gasteiger partial charge on any atom is -0.480 e. The van der Waals surface area contributed by atoms with E-state index in [-0.39, 0.29) is 60.6 Å². The first-order chi connectivity index (χ1) is 20.9. The summed E-state index contributed by atoms with van der Waals surface area (Å²) in [6.45, 7) is 7.99. The second kappa shape index (κ2) is 12.9. The van der Waals surface area contributed by atoms with E-state index in [9.17, 15) is 39.0 Å². The summed E-state index contributed by atoms with van der Waals surface area (Å²) in [6, 6.07) is -2.16. The molecule has 6 unspecified atom stereocenters. The van der Waals surface area contributed by atoms with E-state index >= 15 is 0 Å². The lowest BCUT2D eigenvalue weighted by molar-refractivity contribution is -0.184. The highest BCUT2D eigenvalue weighted by atomic mass is 16.5. The fourth-order valence-electron chi connectivity index (χ4n) is 8.85. The molecule has 4 rings (SSSR count). The minimum atomic E-state index is -1.79. The molecule has 250 valence electrons. The largest absolute Gasteiger partial charge is 0.480 e. The Morgan fingerprint density at radius 1 is 1.02 bits per heavy atom. The van der Waals surface area contributed by atoms with Gasteiger partial charge >= 0.3 is 11.9 Å². The van der Waals surface area contributed by atoms with Crippen LogP contribution in [0.15, 0.2) is 11.6 Å². The summed E-state index contributed by atoms with van der Waals surface area (Å²) in [4.78, 5) is 74.1. The van der Waals surface area contributed by atoms with E-state index in [0.29, 0.717) is 19.3 Å². The Bertz CT molecular complexity index is 1280. The average molecular weight is 633 g/mol. The molecule has 0 saturated heterocycles. The number of carboxylic acids is 1. The standard InChI is InChI=1S/C33H48N2O10/c1-17(2)28(29(41)34-18(3)30(42)43)35-25(39)8-9-26(40)45-16-24(38)33(44)13-11-22-21-7-6-19-14-20(36)10-12-31(19,4)27(21)23(37)15-32(22,33)5/h14,17-18,21-23,27-28,37,44H,6-13,15-16H2,1-5H3,(H,34,41)(H,35,39)(H,42,43)/t18?,21?,22?,23?,27?,28?,31-,32-,33-/m0/s1. The molecule has 0 aromatic carbocycles. The number of aliphatic hydroxyl groups excluding tert-OH is 1. The van der Waals surface area contributed by atoms with Gasteiger partial charge in [0.25, 0.3) is 0 Å².